The largest absolute Gasteiger partial charge is 0.489 e. The molecular weight excluding hydrogens is 581 g/mol. The first-order chi connectivity index (χ1) is 20.3. The molecule has 13 heteroatoms. The number of nitrogens with zero attached hydrogens (tertiary/aromatic N) is 6. The number of benzene rings is 1. The van der Waals surface area contributed by atoms with Gasteiger partial charge in [-0.1, -0.05) is 24.5 Å². The molecule has 1 saturated carbocycles. The van der Waals surface area contributed by atoms with E-state index in [0.29, 0.717) is 22.7 Å². The Morgan fingerprint density at radius 3 is 2.35 bits per heavy atom. The average molecular weight is 621 g/mol. The van der Waals surface area contributed by atoms with Gasteiger partial charge >= 0.3 is 6.18 Å². The minimum absolute atomic E-state index is 0.0536. The van der Waals surface area contributed by atoms with Gasteiger partial charge < -0.3 is 14.5 Å². The maximum absolute atomic E-state index is 13.7. The van der Waals surface area contributed by atoms with E-state index in [9.17, 15) is 21.6 Å². The van der Waals surface area contributed by atoms with E-state index in [1.54, 1.807) is 37.2 Å². The molecule has 0 amide bonds. The maximum atomic E-state index is 13.7. The molecule has 0 radical (unpaired) electrons. The van der Waals surface area contributed by atoms with Crippen LogP contribution in [0.4, 0.5) is 24.9 Å². The Labute approximate surface area is 251 Å². The van der Waals surface area contributed by atoms with Gasteiger partial charge in [0, 0.05) is 31.7 Å². The molecule has 1 unspecified atom stereocenters. The van der Waals surface area contributed by atoms with Crippen molar-refractivity contribution in [3.63, 3.8) is 0 Å². The van der Waals surface area contributed by atoms with Crippen molar-refractivity contribution in [1.29, 1.82) is 0 Å². The number of sulfone groups is 1. The van der Waals surface area contributed by atoms with Gasteiger partial charge in [-0.3, -0.25) is 4.98 Å². The van der Waals surface area contributed by atoms with E-state index >= 15 is 0 Å². The highest BCUT2D eigenvalue weighted by atomic mass is 32.2. The predicted octanol–water partition coefficient (Wildman–Crippen LogP) is 5.80. The summed E-state index contributed by atoms with van der Waals surface area (Å²) in [6, 6.07) is 3.44. The summed E-state index contributed by atoms with van der Waals surface area (Å²) >= 11 is 0. The fourth-order valence-electron chi connectivity index (χ4n) is 5.39. The molecular formula is C30H39F3N6O3S. The Hall–Kier alpha value is -3.48. The third-order valence-electron chi connectivity index (χ3n) is 7.68. The van der Waals surface area contributed by atoms with Crippen LogP contribution in [0.1, 0.15) is 68.0 Å². The zero-order chi connectivity index (χ0) is 31.2. The van der Waals surface area contributed by atoms with Crippen molar-refractivity contribution >= 4 is 21.6 Å². The lowest BCUT2D eigenvalue weighted by Crippen LogP contribution is -2.33. The summed E-state index contributed by atoms with van der Waals surface area (Å²) in [4.78, 5) is 22.3. The van der Waals surface area contributed by atoms with Crippen LogP contribution >= 0.6 is 0 Å². The Morgan fingerprint density at radius 2 is 1.72 bits per heavy atom. The van der Waals surface area contributed by atoms with E-state index < -0.39 is 27.6 Å². The zero-order valence-corrected chi connectivity index (χ0v) is 25.8. The fourth-order valence-corrected chi connectivity index (χ4v) is 5.77. The van der Waals surface area contributed by atoms with Gasteiger partial charge in [0.25, 0.3) is 0 Å². The standard InChI is InChI=1S/C30H39F3N6O3S/c1-5-38(19-23-8-6-7-9-23)28-27(34-10-11-35-28)20-39(22(3)24-14-21(2)15-25(16-24)30(31,32)33)29-36-17-26(18-37-29)42-12-13-43(4,40)41/h10-11,14-18,22-23H,5-9,12-13,19-20H2,1-4H3. The lowest BCUT2D eigenvalue weighted by molar-refractivity contribution is -0.137. The van der Waals surface area contributed by atoms with Gasteiger partial charge in [0.15, 0.2) is 21.4 Å². The molecule has 0 spiro atoms. The summed E-state index contributed by atoms with van der Waals surface area (Å²) in [5.74, 6) is 1.70. The predicted molar refractivity (Wildman–Crippen MR) is 160 cm³/mol. The van der Waals surface area contributed by atoms with Crippen molar-refractivity contribution in [2.24, 2.45) is 5.92 Å². The summed E-state index contributed by atoms with van der Waals surface area (Å²) in [6.07, 6.45) is 7.55. The minimum Gasteiger partial charge on any atom is -0.489 e. The van der Waals surface area contributed by atoms with Crippen LogP contribution < -0.4 is 14.5 Å². The molecule has 3 aromatic rings. The summed E-state index contributed by atoms with van der Waals surface area (Å²) < 4.78 is 69.6. The number of hydrogen-bond acceptors (Lipinski definition) is 9. The highest BCUT2D eigenvalue weighted by Crippen LogP contribution is 2.35. The van der Waals surface area contributed by atoms with Gasteiger partial charge in [0.1, 0.15) is 12.3 Å². The van der Waals surface area contributed by atoms with Crippen LogP contribution in [-0.4, -0.2) is 60.1 Å². The molecule has 1 aromatic carbocycles. The summed E-state index contributed by atoms with van der Waals surface area (Å²) in [5.41, 5.74) is 0.878. The molecule has 0 N–H and O–H groups in total. The quantitative estimate of drug-likeness (QED) is 0.235. The number of ether oxygens (including phenoxy) is 1. The minimum atomic E-state index is -4.49. The average Bonchev–Trinajstić information content (AvgIpc) is 3.47. The SMILES string of the molecule is CCN(CC1CCCC1)c1nccnc1CN(c1ncc(OCCS(C)(=O)=O)cn1)C(C)c1cc(C)cc(C(F)(F)F)c1. The first kappa shape index (κ1) is 32.4. The van der Waals surface area contributed by atoms with E-state index in [-0.39, 0.29) is 30.6 Å². The van der Waals surface area contributed by atoms with Gasteiger partial charge in [-0.2, -0.15) is 13.2 Å². The van der Waals surface area contributed by atoms with Crippen molar-refractivity contribution < 1.29 is 26.3 Å². The van der Waals surface area contributed by atoms with Crippen LogP contribution in [0.25, 0.3) is 0 Å². The lowest BCUT2D eigenvalue weighted by atomic mass is 10.00. The molecule has 43 heavy (non-hydrogen) atoms. The maximum Gasteiger partial charge on any atom is 0.416 e. The van der Waals surface area contributed by atoms with Crippen LogP contribution in [0.3, 0.4) is 0 Å². The van der Waals surface area contributed by atoms with Gasteiger partial charge in [-0.25, -0.2) is 23.4 Å². The van der Waals surface area contributed by atoms with Crippen molar-refractivity contribution in [1.82, 2.24) is 19.9 Å². The summed E-state index contributed by atoms with van der Waals surface area (Å²) in [5, 5.41) is 0. The monoisotopic (exact) mass is 620 g/mol. The lowest BCUT2D eigenvalue weighted by Gasteiger charge is -2.32. The number of aromatic nitrogens is 4. The number of alkyl halides is 3. The Bertz CT molecular complexity index is 1460. The second-order valence-electron chi connectivity index (χ2n) is 11.1. The third-order valence-corrected chi connectivity index (χ3v) is 8.59. The molecule has 2 heterocycles. The molecule has 1 aliphatic carbocycles. The van der Waals surface area contributed by atoms with Crippen molar-refractivity contribution in [2.75, 3.05) is 41.5 Å². The van der Waals surface area contributed by atoms with E-state index in [2.05, 4.69) is 31.8 Å². The van der Waals surface area contributed by atoms with E-state index in [0.717, 1.165) is 37.3 Å². The number of anilines is 2. The zero-order valence-electron chi connectivity index (χ0n) is 25.0. The summed E-state index contributed by atoms with van der Waals surface area (Å²) in [7, 11) is -3.20. The molecule has 4 rings (SSSR count). The Kier molecular flexibility index (Phi) is 10.5. The molecule has 0 aliphatic heterocycles. The Balaban J connectivity index is 1.69. The first-order valence-corrected chi connectivity index (χ1v) is 16.5. The first-order valence-electron chi connectivity index (χ1n) is 14.5. The number of aryl methyl sites for hydroxylation is 1. The van der Waals surface area contributed by atoms with Crippen LogP contribution in [0, 0.1) is 12.8 Å². The van der Waals surface area contributed by atoms with Crippen molar-refractivity contribution in [2.45, 2.75) is 65.2 Å². The fraction of sp³-hybridized carbons (Fsp3) is 0.533. The second-order valence-corrected chi connectivity index (χ2v) is 13.4. The highest BCUT2D eigenvalue weighted by molar-refractivity contribution is 7.90. The van der Waals surface area contributed by atoms with Crippen LogP contribution in [0.2, 0.25) is 0 Å². The van der Waals surface area contributed by atoms with Crippen LogP contribution in [0.5, 0.6) is 5.75 Å². The van der Waals surface area contributed by atoms with Gasteiger partial charge in [0.2, 0.25) is 5.95 Å². The normalized spacial score (nSPS) is 15.0. The summed E-state index contributed by atoms with van der Waals surface area (Å²) in [6.45, 7) is 7.25. The smallest absolute Gasteiger partial charge is 0.416 e. The molecule has 1 atom stereocenters. The van der Waals surface area contributed by atoms with Gasteiger partial charge in [-0.05, 0) is 57.2 Å². The molecule has 2 aromatic heterocycles. The number of halogens is 3. The van der Waals surface area contributed by atoms with E-state index in [1.807, 2.05) is 0 Å². The van der Waals surface area contributed by atoms with Crippen LogP contribution in [-0.2, 0) is 22.6 Å². The number of rotatable bonds is 13. The van der Waals surface area contributed by atoms with Crippen molar-refractivity contribution in [3.05, 3.63) is 65.4 Å². The molecule has 1 fully saturated rings. The highest BCUT2D eigenvalue weighted by Gasteiger charge is 2.32. The second kappa shape index (κ2) is 13.9. The van der Waals surface area contributed by atoms with Crippen LogP contribution in [0.15, 0.2) is 43.0 Å². The topological polar surface area (TPSA) is 101 Å². The van der Waals surface area contributed by atoms with Gasteiger partial charge in [-0.15, -0.1) is 0 Å². The van der Waals surface area contributed by atoms with E-state index in [1.165, 1.54) is 38.1 Å². The molecule has 0 saturated heterocycles. The third kappa shape index (κ3) is 9.01. The molecule has 1 aliphatic rings. The van der Waals surface area contributed by atoms with E-state index in [4.69, 9.17) is 4.74 Å². The Morgan fingerprint density at radius 1 is 1.05 bits per heavy atom. The van der Waals surface area contributed by atoms with Crippen molar-refractivity contribution in [3.8, 4) is 5.75 Å². The van der Waals surface area contributed by atoms with Gasteiger partial charge in [0.05, 0.1) is 36.3 Å². The molecule has 9 nitrogen and oxygen atoms in total. The molecule has 0 bridgehead atoms. The number of hydrogen-bond donors (Lipinski definition) is 0. The molecule has 234 valence electrons.